The lowest BCUT2D eigenvalue weighted by Crippen LogP contribution is -2.49. The van der Waals surface area contributed by atoms with Crippen LogP contribution in [0.25, 0.3) is 0 Å². The minimum Gasteiger partial charge on any atom is -0.370 e. The highest BCUT2D eigenvalue weighted by molar-refractivity contribution is 9.10. The molecule has 1 amide bonds. The predicted molar refractivity (Wildman–Crippen MR) is 98.1 cm³/mol. The Morgan fingerprint density at radius 3 is 2.62 bits per heavy atom. The fourth-order valence-corrected chi connectivity index (χ4v) is 2.90. The summed E-state index contributed by atoms with van der Waals surface area (Å²) in [4.78, 5) is 25.1. The quantitative estimate of drug-likeness (QED) is 0.850. The van der Waals surface area contributed by atoms with Gasteiger partial charge in [-0.1, -0.05) is 6.07 Å². The Morgan fingerprint density at radius 1 is 1.12 bits per heavy atom. The second-order valence-electron chi connectivity index (χ2n) is 5.59. The van der Waals surface area contributed by atoms with Gasteiger partial charge in [-0.25, -0.2) is 9.97 Å². The number of nitrogens with one attached hydrogen (secondary N) is 1. The van der Waals surface area contributed by atoms with E-state index in [0.29, 0.717) is 13.0 Å². The van der Waals surface area contributed by atoms with Crippen molar-refractivity contribution < 1.29 is 4.79 Å². The monoisotopic (exact) mass is 389 g/mol. The van der Waals surface area contributed by atoms with Crippen LogP contribution in [0.15, 0.2) is 47.2 Å². The highest BCUT2D eigenvalue weighted by Crippen LogP contribution is 2.13. The molecule has 1 saturated heterocycles. The molecule has 1 aliphatic heterocycles. The second kappa shape index (κ2) is 8.10. The fraction of sp³-hybridized carbons (Fsp3) is 0.353. The van der Waals surface area contributed by atoms with E-state index in [2.05, 4.69) is 36.1 Å². The molecule has 2 aromatic rings. The van der Waals surface area contributed by atoms with E-state index in [-0.39, 0.29) is 5.91 Å². The number of anilines is 2. The van der Waals surface area contributed by atoms with Crippen LogP contribution >= 0.6 is 15.9 Å². The number of rotatable bonds is 5. The Bertz CT molecular complexity index is 656. The molecular weight excluding hydrogens is 370 g/mol. The van der Waals surface area contributed by atoms with Crippen molar-refractivity contribution in [3.05, 3.63) is 47.2 Å². The summed E-state index contributed by atoms with van der Waals surface area (Å²) in [5.41, 5.74) is 0. The summed E-state index contributed by atoms with van der Waals surface area (Å²) in [6, 6.07) is 9.72. The second-order valence-corrected chi connectivity index (χ2v) is 6.51. The lowest BCUT2D eigenvalue weighted by Gasteiger charge is -2.35. The number of halogens is 1. The third-order valence-corrected chi connectivity index (χ3v) is 4.45. The Hall–Kier alpha value is -2.15. The first-order valence-corrected chi connectivity index (χ1v) is 8.81. The van der Waals surface area contributed by atoms with E-state index in [1.54, 1.807) is 12.4 Å². The maximum absolute atomic E-state index is 12.3. The zero-order chi connectivity index (χ0) is 16.8. The number of hydrogen-bond acceptors (Lipinski definition) is 5. The molecule has 6 nitrogen and oxygen atoms in total. The summed E-state index contributed by atoms with van der Waals surface area (Å²) in [7, 11) is 0. The molecule has 7 heteroatoms. The number of nitrogens with zero attached hydrogens (tertiary/aromatic N) is 4. The first-order chi connectivity index (χ1) is 11.7. The molecule has 0 radical (unpaired) electrons. The molecule has 3 rings (SSSR count). The van der Waals surface area contributed by atoms with Crippen molar-refractivity contribution in [2.45, 2.75) is 6.42 Å². The van der Waals surface area contributed by atoms with E-state index in [9.17, 15) is 4.79 Å². The number of hydrogen-bond donors (Lipinski definition) is 1. The number of aromatic nitrogens is 2. The average molecular weight is 390 g/mol. The smallest absolute Gasteiger partial charge is 0.224 e. The first-order valence-electron chi connectivity index (χ1n) is 8.01. The lowest BCUT2D eigenvalue weighted by molar-refractivity contribution is -0.131. The van der Waals surface area contributed by atoms with Crippen molar-refractivity contribution in [3.8, 4) is 0 Å². The van der Waals surface area contributed by atoms with Gasteiger partial charge >= 0.3 is 0 Å². The average Bonchev–Trinajstić information content (AvgIpc) is 2.64. The largest absolute Gasteiger partial charge is 0.370 e. The zero-order valence-corrected chi connectivity index (χ0v) is 14.9. The molecule has 0 unspecified atom stereocenters. The summed E-state index contributed by atoms with van der Waals surface area (Å²) in [5, 5.41) is 3.18. The van der Waals surface area contributed by atoms with Gasteiger partial charge in [0.05, 0.1) is 0 Å². The standard InChI is InChI=1S/C17H20BrN5O/c18-14-4-5-15(21-13-14)19-8-6-17(24)23-11-9-22(10-12-23)16-3-1-2-7-20-16/h1-5,7,13H,6,8-12H2,(H,19,21). The van der Waals surface area contributed by atoms with E-state index in [1.807, 2.05) is 35.2 Å². The molecular formula is C17H20BrN5O. The summed E-state index contributed by atoms with van der Waals surface area (Å²) < 4.78 is 0.940. The van der Waals surface area contributed by atoms with Crippen LogP contribution in [0, 0.1) is 0 Å². The van der Waals surface area contributed by atoms with E-state index >= 15 is 0 Å². The minimum atomic E-state index is 0.181. The van der Waals surface area contributed by atoms with Gasteiger partial charge in [-0.2, -0.15) is 0 Å². The number of amides is 1. The van der Waals surface area contributed by atoms with Gasteiger partial charge < -0.3 is 15.1 Å². The van der Waals surface area contributed by atoms with Crippen LogP contribution < -0.4 is 10.2 Å². The molecule has 1 fully saturated rings. The molecule has 0 spiro atoms. The van der Waals surface area contributed by atoms with Crippen LogP contribution in [0.5, 0.6) is 0 Å². The minimum absolute atomic E-state index is 0.181. The third-order valence-electron chi connectivity index (χ3n) is 3.98. The van der Waals surface area contributed by atoms with Crippen molar-refractivity contribution >= 4 is 33.5 Å². The lowest BCUT2D eigenvalue weighted by atomic mass is 10.2. The number of piperazine rings is 1. The van der Waals surface area contributed by atoms with Gasteiger partial charge in [-0.05, 0) is 40.2 Å². The molecule has 0 atom stereocenters. The maximum Gasteiger partial charge on any atom is 0.224 e. The third kappa shape index (κ3) is 4.44. The van der Waals surface area contributed by atoms with Crippen LogP contribution in [0.3, 0.4) is 0 Å². The van der Waals surface area contributed by atoms with Crippen molar-refractivity contribution in [2.24, 2.45) is 0 Å². The van der Waals surface area contributed by atoms with Crippen LogP contribution in [0.4, 0.5) is 11.6 Å². The normalized spacial score (nSPS) is 14.5. The van der Waals surface area contributed by atoms with Crippen LogP contribution in [-0.2, 0) is 4.79 Å². The Morgan fingerprint density at radius 2 is 1.96 bits per heavy atom. The maximum atomic E-state index is 12.3. The summed E-state index contributed by atoms with van der Waals surface area (Å²) in [6.45, 7) is 3.72. The molecule has 0 aliphatic carbocycles. The zero-order valence-electron chi connectivity index (χ0n) is 13.4. The van der Waals surface area contributed by atoms with Gasteiger partial charge in [-0.3, -0.25) is 4.79 Å². The van der Waals surface area contributed by atoms with Crippen LogP contribution in [0.1, 0.15) is 6.42 Å². The Labute approximate surface area is 150 Å². The SMILES string of the molecule is O=C(CCNc1ccc(Br)cn1)N1CCN(c2ccccn2)CC1. The highest BCUT2D eigenvalue weighted by atomic mass is 79.9. The molecule has 2 aromatic heterocycles. The summed E-state index contributed by atoms with van der Waals surface area (Å²) >= 11 is 3.35. The Balaban J connectivity index is 1.41. The molecule has 0 bridgehead atoms. The highest BCUT2D eigenvalue weighted by Gasteiger charge is 2.21. The van der Waals surface area contributed by atoms with Crippen molar-refractivity contribution in [1.29, 1.82) is 0 Å². The molecule has 126 valence electrons. The van der Waals surface area contributed by atoms with Gasteiger partial charge in [0.1, 0.15) is 11.6 Å². The molecule has 1 aliphatic rings. The van der Waals surface area contributed by atoms with Gasteiger partial charge in [0.25, 0.3) is 0 Å². The molecule has 1 N–H and O–H groups in total. The van der Waals surface area contributed by atoms with Gasteiger partial charge in [0.2, 0.25) is 5.91 Å². The van der Waals surface area contributed by atoms with E-state index in [0.717, 1.165) is 42.3 Å². The molecule has 0 aromatic carbocycles. The van der Waals surface area contributed by atoms with Gasteiger partial charge in [0.15, 0.2) is 0 Å². The van der Waals surface area contributed by atoms with E-state index in [4.69, 9.17) is 0 Å². The Kier molecular flexibility index (Phi) is 5.63. The number of pyridine rings is 2. The van der Waals surface area contributed by atoms with Gasteiger partial charge in [-0.15, -0.1) is 0 Å². The van der Waals surface area contributed by atoms with Crippen molar-refractivity contribution in [3.63, 3.8) is 0 Å². The molecule has 3 heterocycles. The molecule has 24 heavy (non-hydrogen) atoms. The number of carbonyl (C=O) groups is 1. The van der Waals surface area contributed by atoms with Gasteiger partial charge in [0, 0.05) is 56.0 Å². The van der Waals surface area contributed by atoms with Crippen LogP contribution in [0.2, 0.25) is 0 Å². The fourth-order valence-electron chi connectivity index (χ4n) is 2.66. The van der Waals surface area contributed by atoms with Crippen LogP contribution in [-0.4, -0.2) is 53.5 Å². The summed E-state index contributed by atoms with van der Waals surface area (Å²) in [5.74, 6) is 1.94. The summed E-state index contributed by atoms with van der Waals surface area (Å²) in [6.07, 6.45) is 4.01. The number of carbonyl (C=O) groups excluding carboxylic acids is 1. The van der Waals surface area contributed by atoms with Crippen molar-refractivity contribution in [1.82, 2.24) is 14.9 Å². The molecule has 0 saturated carbocycles. The van der Waals surface area contributed by atoms with Crippen molar-refractivity contribution in [2.75, 3.05) is 42.9 Å². The van der Waals surface area contributed by atoms with E-state index < -0.39 is 0 Å². The predicted octanol–water partition coefficient (Wildman–Crippen LogP) is 2.39. The first kappa shape index (κ1) is 16.7. The topological polar surface area (TPSA) is 61.4 Å². The van der Waals surface area contributed by atoms with E-state index in [1.165, 1.54) is 0 Å².